The molecule has 2 aromatic carbocycles. The Bertz CT molecular complexity index is 1320. The van der Waals surface area contributed by atoms with Gasteiger partial charge in [-0.1, -0.05) is 36.4 Å². The highest BCUT2D eigenvalue weighted by Gasteiger charge is 2.02. The molecule has 0 aliphatic heterocycles. The number of hydrogen-bond donors (Lipinski definition) is 4. The molecule has 0 bridgehead atoms. The van der Waals surface area contributed by atoms with Crippen molar-refractivity contribution in [2.45, 2.75) is 13.8 Å². The lowest BCUT2D eigenvalue weighted by molar-refractivity contribution is 0.981. The van der Waals surface area contributed by atoms with E-state index in [9.17, 15) is 0 Å². The van der Waals surface area contributed by atoms with Gasteiger partial charge in [-0.25, -0.2) is 0 Å². The molecule has 2 heterocycles. The highest BCUT2D eigenvalue weighted by Crippen LogP contribution is 2.20. The topological polar surface area (TPSA) is 98.6 Å². The van der Waals surface area contributed by atoms with Crippen LogP contribution in [0, 0.1) is 13.8 Å². The van der Waals surface area contributed by atoms with E-state index in [1.54, 1.807) is 38.9 Å². The largest absolute Gasteiger partial charge is 0.364 e. The zero-order valence-electron chi connectivity index (χ0n) is 20.5. The zero-order valence-corrected chi connectivity index (χ0v) is 22.2. The molecule has 36 heavy (non-hydrogen) atoms. The Morgan fingerprint density at radius 3 is 1.47 bits per heavy atom. The van der Waals surface area contributed by atoms with Crippen molar-refractivity contribution >= 4 is 68.6 Å². The molecule has 0 saturated heterocycles. The molecule has 0 radical (unpaired) electrons. The Labute approximate surface area is 221 Å². The highest BCUT2D eigenvalue weighted by atomic mass is 32.1. The standard InChI is InChI=1S/2C13H14N4S/c2*1-9-4-3-5-11-10(9)6-7-15-12(11)8-16-17-13(18)14-2/h2*3-8H,1-2H3,(H2,14,17,18)/b16-8+;16-8-. The molecule has 4 N–H and O–H groups in total. The molecule has 2 aromatic heterocycles. The number of rotatable bonds is 4. The van der Waals surface area contributed by atoms with Gasteiger partial charge in [0.15, 0.2) is 10.2 Å². The molecule has 8 nitrogen and oxygen atoms in total. The summed E-state index contributed by atoms with van der Waals surface area (Å²) in [5.41, 5.74) is 9.51. The summed E-state index contributed by atoms with van der Waals surface area (Å²) >= 11 is 9.86. The van der Waals surface area contributed by atoms with Crippen LogP contribution in [-0.4, -0.2) is 46.7 Å². The fourth-order valence-corrected chi connectivity index (χ4v) is 3.50. The highest BCUT2D eigenvalue weighted by molar-refractivity contribution is 7.80. The molecule has 184 valence electrons. The summed E-state index contributed by atoms with van der Waals surface area (Å²) in [6.45, 7) is 4.16. The SMILES string of the molecule is CNC(=S)N/N=C/c1nccc2c(C)cccc12.CNC(=S)N/N=C\c1nccc2c(C)cccc12. The number of benzene rings is 2. The van der Waals surface area contributed by atoms with Crippen molar-refractivity contribution in [3.63, 3.8) is 0 Å². The molecule has 0 spiro atoms. The monoisotopic (exact) mass is 516 g/mol. The molecular weight excluding hydrogens is 488 g/mol. The Hall–Kier alpha value is -4.02. The predicted molar refractivity (Wildman–Crippen MR) is 158 cm³/mol. The van der Waals surface area contributed by atoms with E-state index in [1.807, 2.05) is 36.4 Å². The van der Waals surface area contributed by atoms with Gasteiger partial charge in [-0.3, -0.25) is 20.8 Å². The van der Waals surface area contributed by atoms with Gasteiger partial charge in [0, 0.05) is 37.3 Å². The van der Waals surface area contributed by atoms with Gasteiger partial charge in [0.1, 0.15) is 0 Å². The van der Waals surface area contributed by atoms with E-state index in [1.165, 1.54) is 21.9 Å². The lowest BCUT2D eigenvalue weighted by Crippen LogP contribution is -2.28. The molecule has 0 aliphatic carbocycles. The molecule has 4 rings (SSSR count). The maximum atomic E-state index is 4.93. The molecule has 10 heteroatoms. The number of hydrazone groups is 2. The normalized spacial score (nSPS) is 10.8. The number of hydrogen-bond acceptors (Lipinski definition) is 6. The van der Waals surface area contributed by atoms with Crippen LogP contribution in [0.4, 0.5) is 0 Å². The van der Waals surface area contributed by atoms with Crippen LogP contribution in [0.15, 0.2) is 71.1 Å². The second-order valence-electron chi connectivity index (χ2n) is 7.63. The molecule has 0 unspecified atom stereocenters. The van der Waals surface area contributed by atoms with Crippen molar-refractivity contribution < 1.29 is 0 Å². The number of nitrogens with zero attached hydrogens (tertiary/aromatic N) is 4. The second-order valence-corrected chi connectivity index (χ2v) is 8.45. The van der Waals surface area contributed by atoms with Crippen molar-refractivity contribution in [3.8, 4) is 0 Å². The quantitative estimate of drug-likeness (QED) is 0.184. The van der Waals surface area contributed by atoms with E-state index in [2.05, 4.69) is 67.6 Å². The zero-order chi connectivity index (χ0) is 25.9. The first-order chi connectivity index (χ1) is 17.4. The number of aryl methyl sites for hydroxylation is 2. The molecule has 4 aromatic rings. The van der Waals surface area contributed by atoms with Crippen LogP contribution in [0.25, 0.3) is 21.5 Å². The Morgan fingerprint density at radius 1 is 0.667 bits per heavy atom. The Balaban J connectivity index is 0.000000201. The number of thiocarbonyl (C=S) groups is 2. The van der Waals surface area contributed by atoms with Gasteiger partial charge in [-0.2, -0.15) is 10.2 Å². The maximum absolute atomic E-state index is 4.93. The van der Waals surface area contributed by atoms with Crippen LogP contribution in [0.3, 0.4) is 0 Å². The molecule has 0 amide bonds. The van der Waals surface area contributed by atoms with Gasteiger partial charge < -0.3 is 10.6 Å². The number of pyridine rings is 2. The van der Waals surface area contributed by atoms with Crippen LogP contribution in [0.2, 0.25) is 0 Å². The minimum absolute atomic E-state index is 0.475. The van der Waals surface area contributed by atoms with Gasteiger partial charge in [-0.05, 0) is 72.3 Å². The van der Waals surface area contributed by atoms with Crippen molar-refractivity contribution in [2.24, 2.45) is 10.2 Å². The molecular formula is C26H28N8S2. The first-order valence-corrected chi connectivity index (χ1v) is 12.0. The van der Waals surface area contributed by atoms with E-state index in [4.69, 9.17) is 24.4 Å². The number of fused-ring (bicyclic) bond motifs is 2. The van der Waals surface area contributed by atoms with Crippen LogP contribution in [-0.2, 0) is 0 Å². The third-order valence-corrected chi connectivity index (χ3v) is 5.86. The fourth-order valence-electron chi connectivity index (χ4n) is 3.40. The summed E-state index contributed by atoms with van der Waals surface area (Å²) in [6.07, 6.45) is 6.91. The van der Waals surface area contributed by atoms with Gasteiger partial charge in [0.05, 0.1) is 23.8 Å². The average molecular weight is 517 g/mol. The van der Waals surface area contributed by atoms with Gasteiger partial charge in [0.25, 0.3) is 0 Å². The van der Waals surface area contributed by atoms with Crippen molar-refractivity contribution in [1.29, 1.82) is 0 Å². The Kier molecular flexibility index (Phi) is 9.73. The number of nitrogens with one attached hydrogen (secondary N) is 4. The van der Waals surface area contributed by atoms with Gasteiger partial charge in [-0.15, -0.1) is 0 Å². The molecule has 0 aliphatic rings. The van der Waals surface area contributed by atoms with E-state index in [0.29, 0.717) is 10.2 Å². The van der Waals surface area contributed by atoms with Crippen molar-refractivity contribution in [3.05, 3.63) is 83.4 Å². The summed E-state index contributed by atoms with van der Waals surface area (Å²) in [7, 11) is 3.48. The van der Waals surface area contributed by atoms with E-state index in [0.717, 1.165) is 22.2 Å². The average Bonchev–Trinajstić information content (AvgIpc) is 2.90. The van der Waals surface area contributed by atoms with E-state index >= 15 is 0 Å². The molecule has 0 saturated carbocycles. The summed E-state index contributed by atoms with van der Waals surface area (Å²) in [6, 6.07) is 16.3. The summed E-state index contributed by atoms with van der Waals surface area (Å²) in [4.78, 5) is 8.64. The molecule has 0 atom stereocenters. The second kappa shape index (κ2) is 13.2. The number of aromatic nitrogens is 2. The third-order valence-electron chi connectivity index (χ3n) is 5.27. The van der Waals surface area contributed by atoms with Crippen molar-refractivity contribution in [2.75, 3.05) is 14.1 Å². The smallest absolute Gasteiger partial charge is 0.186 e. The van der Waals surface area contributed by atoms with Crippen LogP contribution >= 0.6 is 24.4 Å². The lowest BCUT2D eigenvalue weighted by atomic mass is 10.1. The lowest BCUT2D eigenvalue weighted by Gasteiger charge is -2.04. The van der Waals surface area contributed by atoms with Gasteiger partial charge in [0.2, 0.25) is 0 Å². The van der Waals surface area contributed by atoms with E-state index in [-0.39, 0.29) is 0 Å². The molecule has 0 fully saturated rings. The summed E-state index contributed by atoms with van der Waals surface area (Å²) in [5, 5.41) is 19.2. The van der Waals surface area contributed by atoms with Crippen LogP contribution in [0.1, 0.15) is 22.5 Å². The predicted octanol–water partition coefficient (Wildman–Crippen LogP) is 3.94. The fraction of sp³-hybridized carbons (Fsp3) is 0.154. The van der Waals surface area contributed by atoms with Crippen LogP contribution in [0.5, 0.6) is 0 Å². The van der Waals surface area contributed by atoms with Crippen molar-refractivity contribution in [1.82, 2.24) is 31.5 Å². The van der Waals surface area contributed by atoms with E-state index < -0.39 is 0 Å². The third kappa shape index (κ3) is 7.00. The minimum Gasteiger partial charge on any atom is -0.364 e. The van der Waals surface area contributed by atoms with Crippen LogP contribution < -0.4 is 21.5 Å². The maximum Gasteiger partial charge on any atom is 0.186 e. The Morgan fingerprint density at radius 2 is 1.08 bits per heavy atom. The first-order valence-electron chi connectivity index (χ1n) is 11.1. The summed E-state index contributed by atoms with van der Waals surface area (Å²) < 4.78 is 0. The minimum atomic E-state index is 0.475. The summed E-state index contributed by atoms with van der Waals surface area (Å²) in [5.74, 6) is 0. The first kappa shape index (κ1) is 26.6. The van der Waals surface area contributed by atoms with Gasteiger partial charge >= 0.3 is 0 Å².